The van der Waals surface area contributed by atoms with E-state index in [1.165, 1.54) is 17.1 Å². The third-order valence-electron chi connectivity index (χ3n) is 1.83. The van der Waals surface area contributed by atoms with E-state index in [0.29, 0.717) is 11.4 Å². The molecule has 0 radical (unpaired) electrons. The Bertz CT molecular complexity index is 425. The summed E-state index contributed by atoms with van der Waals surface area (Å²) in [5, 5.41) is 13.4. The lowest BCUT2D eigenvalue weighted by Crippen LogP contribution is -1.98. The maximum atomic E-state index is 13.1. The zero-order chi connectivity index (χ0) is 9.97. The molecule has 1 aromatic heterocycles. The first-order chi connectivity index (χ1) is 6.81. The summed E-state index contributed by atoms with van der Waals surface area (Å²) in [4.78, 5) is 0. The zero-order valence-corrected chi connectivity index (χ0v) is 7.48. The van der Waals surface area contributed by atoms with E-state index in [-0.39, 0.29) is 5.82 Å². The van der Waals surface area contributed by atoms with Crippen molar-refractivity contribution < 1.29 is 4.39 Å². The van der Waals surface area contributed by atoms with Crippen LogP contribution >= 0.6 is 0 Å². The number of benzene rings is 1. The minimum atomic E-state index is -0.302. The molecule has 0 saturated carbocycles. The second kappa shape index (κ2) is 3.41. The molecule has 1 N–H and O–H groups in total. The first-order valence-corrected chi connectivity index (χ1v) is 4.02. The van der Waals surface area contributed by atoms with Crippen molar-refractivity contribution >= 4 is 5.69 Å². The van der Waals surface area contributed by atoms with Crippen LogP contribution in [0.3, 0.4) is 0 Å². The van der Waals surface area contributed by atoms with Gasteiger partial charge in [-0.05, 0) is 28.6 Å². The van der Waals surface area contributed by atoms with Gasteiger partial charge in [-0.15, -0.1) is 5.10 Å². The summed E-state index contributed by atoms with van der Waals surface area (Å²) in [5.74, 6) is -0.302. The van der Waals surface area contributed by atoms with Crippen LogP contribution in [0.2, 0.25) is 0 Å². The van der Waals surface area contributed by atoms with Gasteiger partial charge < -0.3 is 5.32 Å². The van der Waals surface area contributed by atoms with Crippen LogP contribution in [-0.2, 0) is 0 Å². The highest BCUT2D eigenvalue weighted by atomic mass is 19.1. The Morgan fingerprint density at radius 1 is 1.43 bits per heavy atom. The van der Waals surface area contributed by atoms with Gasteiger partial charge in [0.2, 0.25) is 0 Å². The first kappa shape index (κ1) is 8.61. The van der Waals surface area contributed by atoms with E-state index in [2.05, 4.69) is 20.8 Å². The smallest absolute Gasteiger partial charge is 0.146 e. The minimum absolute atomic E-state index is 0.302. The Morgan fingerprint density at radius 3 is 2.93 bits per heavy atom. The molecule has 1 aromatic carbocycles. The number of nitrogens with zero attached hydrogens (tertiary/aromatic N) is 4. The van der Waals surface area contributed by atoms with Crippen LogP contribution in [0.5, 0.6) is 0 Å². The molecule has 14 heavy (non-hydrogen) atoms. The number of anilines is 1. The molecule has 6 heteroatoms. The third-order valence-corrected chi connectivity index (χ3v) is 1.83. The predicted octanol–water partition coefficient (Wildman–Crippen LogP) is 0.843. The highest BCUT2D eigenvalue weighted by Gasteiger charge is 2.03. The molecule has 0 aliphatic rings. The molecular weight excluding hydrogens is 185 g/mol. The fourth-order valence-corrected chi connectivity index (χ4v) is 1.13. The van der Waals surface area contributed by atoms with E-state index >= 15 is 0 Å². The van der Waals surface area contributed by atoms with Crippen LogP contribution in [0.25, 0.3) is 5.69 Å². The fourth-order valence-electron chi connectivity index (χ4n) is 1.13. The molecule has 1 heterocycles. The largest absolute Gasteiger partial charge is 0.386 e. The lowest BCUT2D eigenvalue weighted by molar-refractivity contribution is 0.630. The average Bonchev–Trinajstić information content (AvgIpc) is 2.71. The van der Waals surface area contributed by atoms with E-state index in [0.717, 1.165) is 0 Å². The SMILES string of the molecule is CNc1cc(-n2cnnn2)ccc1F. The van der Waals surface area contributed by atoms with Crippen LogP contribution < -0.4 is 5.32 Å². The van der Waals surface area contributed by atoms with Crippen molar-refractivity contribution in [1.82, 2.24) is 20.2 Å². The van der Waals surface area contributed by atoms with Gasteiger partial charge in [-0.25, -0.2) is 9.07 Å². The van der Waals surface area contributed by atoms with Crippen molar-refractivity contribution in [2.45, 2.75) is 0 Å². The summed E-state index contributed by atoms with van der Waals surface area (Å²) >= 11 is 0. The maximum Gasteiger partial charge on any atom is 0.146 e. The van der Waals surface area contributed by atoms with Crippen molar-refractivity contribution in [3.8, 4) is 5.69 Å². The predicted molar refractivity (Wildman–Crippen MR) is 48.7 cm³/mol. The molecule has 72 valence electrons. The quantitative estimate of drug-likeness (QED) is 0.768. The summed E-state index contributed by atoms with van der Waals surface area (Å²) in [6.45, 7) is 0. The van der Waals surface area contributed by atoms with Gasteiger partial charge in [0.15, 0.2) is 0 Å². The number of nitrogens with one attached hydrogen (secondary N) is 1. The van der Waals surface area contributed by atoms with Gasteiger partial charge in [0.05, 0.1) is 11.4 Å². The minimum Gasteiger partial charge on any atom is -0.386 e. The summed E-state index contributed by atoms with van der Waals surface area (Å²) in [6.07, 6.45) is 1.45. The topological polar surface area (TPSA) is 55.6 Å². The molecule has 0 atom stereocenters. The van der Waals surface area contributed by atoms with Crippen LogP contribution in [0.4, 0.5) is 10.1 Å². The van der Waals surface area contributed by atoms with E-state index < -0.39 is 0 Å². The lowest BCUT2D eigenvalue weighted by atomic mass is 10.2. The molecule has 0 unspecified atom stereocenters. The van der Waals surface area contributed by atoms with Crippen molar-refractivity contribution in [1.29, 1.82) is 0 Å². The summed E-state index contributed by atoms with van der Waals surface area (Å²) < 4.78 is 14.5. The van der Waals surface area contributed by atoms with Crippen LogP contribution in [0, 0.1) is 5.82 Å². The highest BCUT2D eigenvalue weighted by Crippen LogP contribution is 2.17. The lowest BCUT2D eigenvalue weighted by Gasteiger charge is -2.04. The van der Waals surface area contributed by atoms with E-state index in [1.807, 2.05) is 0 Å². The molecule has 0 bridgehead atoms. The number of halogens is 1. The Labute approximate surface area is 79.6 Å². The van der Waals surface area contributed by atoms with Gasteiger partial charge in [-0.1, -0.05) is 0 Å². The Hall–Kier alpha value is -1.98. The maximum absolute atomic E-state index is 13.1. The Kier molecular flexibility index (Phi) is 2.10. The van der Waals surface area contributed by atoms with E-state index in [4.69, 9.17) is 0 Å². The fraction of sp³-hybridized carbons (Fsp3) is 0.125. The van der Waals surface area contributed by atoms with Gasteiger partial charge in [0.1, 0.15) is 12.1 Å². The van der Waals surface area contributed by atoms with Gasteiger partial charge in [-0.2, -0.15) is 0 Å². The molecule has 0 amide bonds. The van der Waals surface area contributed by atoms with E-state index in [9.17, 15) is 4.39 Å². The van der Waals surface area contributed by atoms with Crippen molar-refractivity contribution in [3.05, 3.63) is 30.3 Å². The second-order valence-electron chi connectivity index (χ2n) is 2.67. The number of hydrogen-bond acceptors (Lipinski definition) is 4. The van der Waals surface area contributed by atoms with Crippen LogP contribution in [0.1, 0.15) is 0 Å². The molecule has 0 aliphatic carbocycles. The number of tetrazole rings is 1. The number of rotatable bonds is 2. The molecule has 0 aliphatic heterocycles. The average molecular weight is 193 g/mol. The van der Waals surface area contributed by atoms with Gasteiger partial charge in [-0.3, -0.25) is 0 Å². The first-order valence-electron chi connectivity index (χ1n) is 4.02. The molecule has 0 spiro atoms. The Balaban J connectivity index is 2.46. The van der Waals surface area contributed by atoms with E-state index in [1.54, 1.807) is 19.2 Å². The summed E-state index contributed by atoms with van der Waals surface area (Å²) in [5.41, 5.74) is 1.12. The molecule has 0 saturated heterocycles. The molecule has 2 rings (SSSR count). The van der Waals surface area contributed by atoms with Crippen molar-refractivity contribution in [3.63, 3.8) is 0 Å². The standard InChI is InChI=1S/C8H8FN5/c1-10-8-4-6(2-3-7(8)9)14-5-11-12-13-14/h2-5,10H,1H3. The normalized spacial score (nSPS) is 10.1. The summed E-state index contributed by atoms with van der Waals surface area (Å²) in [6, 6.07) is 4.60. The molecule has 0 fully saturated rings. The van der Waals surface area contributed by atoms with Crippen LogP contribution in [0.15, 0.2) is 24.5 Å². The summed E-state index contributed by atoms with van der Waals surface area (Å²) in [7, 11) is 1.65. The second-order valence-corrected chi connectivity index (χ2v) is 2.67. The monoisotopic (exact) mass is 193 g/mol. The van der Waals surface area contributed by atoms with Crippen LogP contribution in [-0.4, -0.2) is 27.3 Å². The molecule has 2 aromatic rings. The third kappa shape index (κ3) is 1.41. The van der Waals surface area contributed by atoms with Gasteiger partial charge in [0.25, 0.3) is 0 Å². The molecular formula is C8H8FN5. The zero-order valence-electron chi connectivity index (χ0n) is 7.48. The van der Waals surface area contributed by atoms with Crippen molar-refractivity contribution in [2.75, 3.05) is 12.4 Å². The van der Waals surface area contributed by atoms with Crippen molar-refractivity contribution in [2.24, 2.45) is 0 Å². The molecule has 5 nitrogen and oxygen atoms in total. The van der Waals surface area contributed by atoms with Gasteiger partial charge >= 0.3 is 0 Å². The highest BCUT2D eigenvalue weighted by molar-refractivity contribution is 5.51. The number of aromatic nitrogens is 4. The van der Waals surface area contributed by atoms with Gasteiger partial charge in [0, 0.05) is 7.05 Å². The number of hydrogen-bond donors (Lipinski definition) is 1. The Morgan fingerprint density at radius 2 is 2.29 bits per heavy atom.